The van der Waals surface area contributed by atoms with E-state index in [0.717, 1.165) is 37.4 Å². The van der Waals surface area contributed by atoms with E-state index in [2.05, 4.69) is 10.3 Å². The molecule has 0 aromatic carbocycles. The number of aliphatic hydroxyl groups is 1. The summed E-state index contributed by atoms with van der Waals surface area (Å²) < 4.78 is 5.50. The zero-order valence-electron chi connectivity index (χ0n) is 8.65. The molecule has 1 fully saturated rings. The van der Waals surface area contributed by atoms with E-state index in [1.165, 1.54) is 0 Å². The highest BCUT2D eigenvalue weighted by atomic mass is 16.5. The van der Waals surface area contributed by atoms with E-state index >= 15 is 0 Å². The second-order valence-electron chi connectivity index (χ2n) is 3.69. The summed E-state index contributed by atoms with van der Waals surface area (Å²) in [5, 5.41) is 12.3. The molecule has 82 valence electrons. The SMILES string of the molecule is OCc1cccnc1NCC1CCCO1. The molecule has 4 heteroatoms. The van der Waals surface area contributed by atoms with Gasteiger partial charge in [0.15, 0.2) is 0 Å². The van der Waals surface area contributed by atoms with Crippen molar-refractivity contribution in [2.45, 2.75) is 25.6 Å². The lowest BCUT2D eigenvalue weighted by Gasteiger charge is -2.13. The fourth-order valence-electron chi connectivity index (χ4n) is 1.74. The largest absolute Gasteiger partial charge is 0.392 e. The van der Waals surface area contributed by atoms with E-state index in [-0.39, 0.29) is 6.61 Å². The average molecular weight is 208 g/mol. The first-order chi connectivity index (χ1) is 7.40. The predicted octanol–water partition coefficient (Wildman–Crippen LogP) is 1.16. The predicted molar refractivity (Wildman–Crippen MR) is 57.6 cm³/mol. The van der Waals surface area contributed by atoms with Gasteiger partial charge in [-0.25, -0.2) is 4.98 Å². The number of anilines is 1. The topological polar surface area (TPSA) is 54.4 Å². The molecule has 0 amide bonds. The molecule has 0 radical (unpaired) electrons. The lowest BCUT2D eigenvalue weighted by molar-refractivity contribution is 0.120. The Bertz CT molecular complexity index is 311. The summed E-state index contributed by atoms with van der Waals surface area (Å²) in [6.07, 6.45) is 4.26. The van der Waals surface area contributed by atoms with Gasteiger partial charge in [-0.3, -0.25) is 0 Å². The standard InChI is InChI=1S/C11H16N2O2/c14-8-9-3-1-5-12-11(9)13-7-10-4-2-6-15-10/h1,3,5,10,14H,2,4,6-8H2,(H,12,13). The van der Waals surface area contributed by atoms with Gasteiger partial charge in [0.2, 0.25) is 0 Å². The third-order valence-electron chi connectivity index (χ3n) is 2.58. The van der Waals surface area contributed by atoms with Crippen molar-refractivity contribution in [2.24, 2.45) is 0 Å². The Morgan fingerprint density at radius 2 is 2.53 bits per heavy atom. The van der Waals surface area contributed by atoms with Crippen LogP contribution in [0.1, 0.15) is 18.4 Å². The van der Waals surface area contributed by atoms with Gasteiger partial charge in [-0.1, -0.05) is 6.07 Å². The van der Waals surface area contributed by atoms with E-state index in [4.69, 9.17) is 9.84 Å². The Morgan fingerprint density at radius 1 is 1.60 bits per heavy atom. The van der Waals surface area contributed by atoms with Gasteiger partial charge in [-0.2, -0.15) is 0 Å². The van der Waals surface area contributed by atoms with E-state index in [1.807, 2.05) is 12.1 Å². The van der Waals surface area contributed by atoms with E-state index in [0.29, 0.717) is 6.10 Å². The number of aliphatic hydroxyl groups excluding tert-OH is 1. The monoisotopic (exact) mass is 208 g/mol. The molecule has 0 bridgehead atoms. The van der Waals surface area contributed by atoms with Gasteiger partial charge in [-0.15, -0.1) is 0 Å². The van der Waals surface area contributed by atoms with Crippen LogP contribution in [-0.2, 0) is 11.3 Å². The van der Waals surface area contributed by atoms with Crippen LogP contribution in [0.15, 0.2) is 18.3 Å². The second kappa shape index (κ2) is 5.09. The molecule has 1 aliphatic heterocycles. The summed E-state index contributed by atoms with van der Waals surface area (Å²) >= 11 is 0. The number of aromatic nitrogens is 1. The van der Waals surface area contributed by atoms with E-state index < -0.39 is 0 Å². The molecule has 0 spiro atoms. The average Bonchev–Trinajstić information content (AvgIpc) is 2.79. The minimum atomic E-state index is 0.0156. The van der Waals surface area contributed by atoms with E-state index in [1.54, 1.807) is 6.20 Å². The smallest absolute Gasteiger partial charge is 0.131 e. The van der Waals surface area contributed by atoms with Gasteiger partial charge >= 0.3 is 0 Å². The molecule has 1 aliphatic rings. The number of nitrogens with zero attached hydrogens (tertiary/aromatic N) is 1. The quantitative estimate of drug-likeness (QED) is 0.779. The number of hydrogen-bond acceptors (Lipinski definition) is 4. The Labute approximate surface area is 89.3 Å². The van der Waals surface area contributed by atoms with Crippen molar-refractivity contribution < 1.29 is 9.84 Å². The van der Waals surface area contributed by atoms with Crippen LogP contribution in [0.5, 0.6) is 0 Å². The maximum Gasteiger partial charge on any atom is 0.131 e. The third kappa shape index (κ3) is 2.67. The van der Waals surface area contributed by atoms with Crippen LogP contribution in [0, 0.1) is 0 Å². The summed E-state index contributed by atoms with van der Waals surface area (Å²) in [7, 11) is 0. The molecule has 1 saturated heterocycles. The molecule has 1 unspecified atom stereocenters. The lowest BCUT2D eigenvalue weighted by Crippen LogP contribution is -2.19. The van der Waals surface area contributed by atoms with Gasteiger partial charge in [0.05, 0.1) is 12.7 Å². The molecule has 0 aliphatic carbocycles. The van der Waals surface area contributed by atoms with Gasteiger partial charge in [0, 0.05) is 24.9 Å². The molecule has 15 heavy (non-hydrogen) atoms. The first-order valence-corrected chi connectivity index (χ1v) is 5.30. The van der Waals surface area contributed by atoms with Crippen LogP contribution in [0.25, 0.3) is 0 Å². The zero-order valence-corrected chi connectivity index (χ0v) is 8.65. The number of pyridine rings is 1. The first-order valence-electron chi connectivity index (χ1n) is 5.30. The summed E-state index contributed by atoms with van der Waals surface area (Å²) in [4.78, 5) is 4.18. The Balaban J connectivity index is 1.91. The van der Waals surface area contributed by atoms with Crippen molar-refractivity contribution >= 4 is 5.82 Å². The molecule has 1 aromatic rings. The summed E-state index contributed by atoms with van der Waals surface area (Å²) in [5.41, 5.74) is 0.829. The van der Waals surface area contributed by atoms with Gasteiger partial charge in [0.1, 0.15) is 5.82 Å². The zero-order chi connectivity index (χ0) is 10.5. The number of hydrogen-bond donors (Lipinski definition) is 2. The van der Waals surface area contributed by atoms with Crippen LogP contribution >= 0.6 is 0 Å². The Morgan fingerprint density at radius 3 is 3.27 bits per heavy atom. The number of rotatable bonds is 4. The minimum absolute atomic E-state index is 0.0156. The second-order valence-corrected chi connectivity index (χ2v) is 3.69. The van der Waals surface area contributed by atoms with Crippen LogP contribution < -0.4 is 5.32 Å². The summed E-state index contributed by atoms with van der Waals surface area (Å²) in [6, 6.07) is 3.69. The first kappa shape index (κ1) is 10.4. The molecular weight excluding hydrogens is 192 g/mol. The summed E-state index contributed by atoms with van der Waals surface area (Å²) in [5.74, 6) is 0.760. The van der Waals surface area contributed by atoms with Crippen molar-refractivity contribution in [2.75, 3.05) is 18.5 Å². The highest BCUT2D eigenvalue weighted by molar-refractivity contribution is 5.43. The summed E-state index contributed by atoms with van der Waals surface area (Å²) in [6.45, 7) is 1.65. The van der Waals surface area contributed by atoms with Crippen molar-refractivity contribution in [1.29, 1.82) is 0 Å². The maximum absolute atomic E-state index is 9.10. The molecule has 1 atom stereocenters. The molecule has 0 saturated carbocycles. The molecule has 2 heterocycles. The van der Waals surface area contributed by atoms with Crippen molar-refractivity contribution in [3.63, 3.8) is 0 Å². The third-order valence-corrected chi connectivity index (χ3v) is 2.58. The minimum Gasteiger partial charge on any atom is -0.392 e. The number of nitrogens with one attached hydrogen (secondary N) is 1. The fourth-order valence-corrected chi connectivity index (χ4v) is 1.74. The molecule has 1 aromatic heterocycles. The van der Waals surface area contributed by atoms with Crippen LogP contribution in [0.2, 0.25) is 0 Å². The number of ether oxygens (including phenoxy) is 1. The molecule has 2 rings (SSSR count). The Kier molecular flexibility index (Phi) is 3.53. The Hall–Kier alpha value is -1.13. The lowest BCUT2D eigenvalue weighted by atomic mass is 10.2. The van der Waals surface area contributed by atoms with Crippen LogP contribution in [0.4, 0.5) is 5.82 Å². The van der Waals surface area contributed by atoms with Crippen molar-refractivity contribution in [1.82, 2.24) is 4.98 Å². The normalized spacial score (nSPS) is 20.5. The van der Waals surface area contributed by atoms with Crippen molar-refractivity contribution in [3.05, 3.63) is 23.9 Å². The molecular formula is C11H16N2O2. The highest BCUT2D eigenvalue weighted by Gasteiger charge is 2.15. The van der Waals surface area contributed by atoms with Gasteiger partial charge in [0.25, 0.3) is 0 Å². The molecule has 2 N–H and O–H groups in total. The van der Waals surface area contributed by atoms with Gasteiger partial charge in [-0.05, 0) is 18.9 Å². The van der Waals surface area contributed by atoms with Crippen LogP contribution in [-0.4, -0.2) is 29.3 Å². The van der Waals surface area contributed by atoms with E-state index in [9.17, 15) is 0 Å². The maximum atomic E-state index is 9.10. The van der Waals surface area contributed by atoms with Gasteiger partial charge < -0.3 is 15.2 Å². The van der Waals surface area contributed by atoms with Crippen molar-refractivity contribution in [3.8, 4) is 0 Å². The fraction of sp³-hybridized carbons (Fsp3) is 0.545. The molecule has 4 nitrogen and oxygen atoms in total. The van der Waals surface area contributed by atoms with Crippen LogP contribution in [0.3, 0.4) is 0 Å². The highest BCUT2D eigenvalue weighted by Crippen LogP contribution is 2.15.